The van der Waals surface area contributed by atoms with Crippen LogP contribution in [0.3, 0.4) is 0 Å². The van der Waals surface area contributed by atoms with E-state index in [-0.39, 0.29) is 17.6 Å². The molecule has 7 heteroatoms. The zero-order valence-electron chi connectivity index (χ0n) is 17.1. The lowest BCUT2D eigenvalue weighted by atomic mass is 10.0. The van der Waals surface area contributed by atoms with Crippen LogP contribution in [0.1, 0.15) is 36.0 Å². The molecule has 2 amide bonds. The number of piperazine rings is 1. The van der Waals surface area contributed by atoms with Gasteiger partial charge in [0.15, 0.2) is 5.78 Å². The predicted octanol–water partition coefficient (Wildman–Crippen LogP) is 1.67. The lowest BCUT2D eigenvalue weighted by molar-refractivity contribution is -0.139. The topological polar surface area (TPSA) is 70.2 Å². The van der Waals surface area contributed by atoms with Crippen molar-refractivity contribution < 1.29 is 19.1 Å². The number of hydrogen-bond donors (Lipinski definition) is 0. The summed E-state index contributed by atoms with van der Waals surface area (Å²) in [5.41, 5.74) is 0.637. The molecule has 0 aromatic heterocycles. The third-order valence-electron chi connectivity index (χ3n) is 4.96. The maximum absolute atomic E-state index is 12.4. The van der Waals surface area contributed by atoms with Gasteiger partial charge in [0.2, 0.25) is 11.8 Å². The van der Waals surface area contributed by atoms with Gasteiger partial charge in [-0.15, -0.1) is 0 Å². The van der Waals surface area contributed by atoms with Crippen LogP contribution in [0, 0.1) is 0 Å². The molecular formula is C21H31N3O4. The van der Waals surface area contributed by atoms with E-state index in [1.165, 1.54) is 0 Å². The van der Waals surface area contributed by atoms with E-state index in [1.54, 1.807) is 36.3 Å². The van der Waals surface area contributed by atoms with Crippen molar-refractivity contribution in [1.82, 2.24) is 14.7 Å². The van der Waals surface area contributed by atoms with E-state index < -0.39 is 0 Å². The maximum Gasteiger partial charge on any atom is 0.223 e. The first-order valence-electron chi connectivity index (χ1n) is 9.78. The fourth-order valence-corrected chi connectivity index (χ4v) is 3.16. The molecule has 1 aliphatic heterocycles. The van der Waals surface area contributed by atoms with Crippen molar-refractivity contribution in [2.75, 3.05) is 53.9 Å². The first-order valence-corrected chi connectivity index (χ1v) is 9.78. The molecule has 0 spiro atoms. The summed E-state index contributed by atoms with van der Waals surface area (Å²) in [7, 11) is 5.48. The molecule has 0 bridgehead atoms. The van der Waals surface area contributed by atoms with Crippen molar-refractivity contribution in [3.05, 3.63) is 29.8 Å². The summed E-state index contributed by atoms with van der Waals surface area (Å²) in [6, 6.07) is 7.01. The minimum absolute atomic E-state index is 0.0340. The first-order chi connectivity index (χ1) is 13.4. The molecule has 154 valence electrons. The quantitative estimate of drug-likeness (QED) is 0.601. The van der Waals surface area contributed by atoms with E-state index in [0.29, 0.717) is 63.2 Å². The van der Waals surface area contributed by atoms with E-state index in [0.717, 1.165) is 6.54 Å². The average Bonchev–Trinajstić information content (AvgIpc) is 2.71. The lowest BCUT2D eigenvalue weighted by Crippen LogP contribution is -2.50. The van der Waals surface area contributed by atoms with Crippen LogP contribution in [0.25, 0.3) is 0 Å². The van der Waals surface area contributed by atoms with Crippen LogP contribution in [0.2, 0.25) is 0 Å². The van der Waals surface area contributed by atoms with Crippen LogP contribution in [-0.4, -0.2) is 86.2 Å². The number of carbonyl (C=O) groups is 3. The van der Waals surface area contributed by atoms with Gasteiger partial charge in [0.1, 0.15) is 5.75 Å². The van der Waals surface area contributed by atoms with E-state index in [2.05, 4.69) is 0 Å². The van der Waals surface area contributed by atoms with Gasteiger partial charge in [-0.25, -0.2) is 0 Å². The number of amides is 2. The van der Waals surface area contributed by atoms with Crippen LogP contribution >= 0.6 is 0 Å². The Labute approximate surface area is 167 Å². The second-order valence-corrected chi connectivity index (χ2v) is 7.32. The second kappa shape index (κ2) is 10.8. The van der Waals surface area contributed by atoms with E-state index in [4.69, 9.17) is 4.74 Å². The average molecular weight is 389 g/mol. The Balaban J connectivity index is 1.68. The Kier molecular flexibility index (Phi) is 8.44. The van der Waals surface area contributed by atoms with Crippen molar-refractivity contribution in [2.24, 2.45) is 0 Å². The van der Waals surface area contributed by atoms with Gasteiger partial charge in [-0.1, -0.05) is 0 Å². The molecule has 0 radical (unpaired) electrons. The van der Waals surface area contributed by atoms with E-state index in [1.807, 2.05) is 23.9 Å². The zero-order chi connectivity index (χ0) is 20.5. The van der Waals surface area contributed by atoms with Crippen molar-refractivity contribution in [3.8, 4) is 5.75 Å². The Hall–Kier alpha value is -2.41. The Morgan fingerprint density at radius 3 is 1.93 bits per heavy atom. The smallest absolute Gasteiger partial charge is 0.223 e. The first kappa shape index (κ1) is 21.9. The molecule has 0 atom stereocenters. The standard InChI is InChI=1S/C21H31N3O4/c1-22(2)12-11-21(27)24-15-13-23(14-16-24)20(26)6-4-5-19(25)17-7-9-18(28-3)10-8-17/h7-10H,4-6,11-16H2,1-3H3. The van der Waals surface area contributed by atoms with Gasteiger partial charge >= 0.3 is 0 Å². The molecule has 1 aromatic carbocycles. The van der Waals surface area contributed by atoms with Crippen LogP contribution in [0.5, 0.6) is 5.75 Å². The molecular weight excluding hydrogens is 358 g/mol. The third-order valence-corrected chi connectivity index (χ3v) is 4.96. The Morgan fingerprint density at radius 2 is 1.43 bits per heavy atom. The van der Waals surface area contributed by atoms with Gasteiger partial charge in [-0.05, 0) is 44.8 Å². The number of nitrogens with zero attached hydrogens (tertiary/aromatic N) is 3. The highest BCUT2D eigenvalue weighted by atomic mass is 16.5. The van der Waals surface area contributed by atoms with Gasteiger partial charge in [-0.3, -0.25) is 14.4 Å². The van der Waals surface area contributed by atoms with Crippen LogP contribution in [0.4, 0.5) is 0 Å². The molecule has 1 saturated heterocycles. The Morgan fingerprint density at radius 1 is 0.893 bits per heavy atom. The fraction of sp³-hybridized carbons (Fsp3) is 0.571. The molecule has 7 nitrogen and oxygen atoms in total. The molecule has 2 rings (SSSR count). The summed E-state index contributed by atoms with van der Waals surface area (Å²) in [5, 5.41) is 0. The third kappa shape index (κ3) is 6.64. The van der Waals surface area contributed by atoms with E-state index >= 15 is 0 Å². The minimum Gasteiger partial charge on any atom is -0.497 e. The monoisotopic (exact) mass is 389 g/mol. The summed E-state index contributed by atoms with van der Waals surface area (Å²) in [6.07, 6.45) is 1.75. The number of methoxy groups -OCH3 is 1. The largest absolute Gasteiger partial charge is 0.497 e. The van der Waals surface area contributed by atoms with Crippen molar-refractivity contribution in [1.29, 1.82) is 0 Å². The predicted molar refractivity (Wildman–Crippen MR) is 108 cm³/mol. The fourth-order valence-electron chi connectivity index (χ4n) is 3.16. The number of benzene rings is 1. The molecule has 1 aromatic rings. The van der Waals surface area contributed by atoms with Crippen molar-refractivity contribution in [3.63, 3.8) is 0 Å². The van der Waals surface area contributed by atoms with E-state index in [9.17, 15) is 14.4 Å². The zero-order valence-corrected chi connectivity index (χ0v) is 17.1. The number of rotatable bonds is 9. The number of Topliss-reactive ketones (excluding diaryl/α,β-unsaturated/α-hetero) is 1. The highest BCUT2D eigenvalue weighted by molar-refractivity contribution is 5.96. The van der Waals surface area contributed by atoms with Gasteiger partial charge < -0.3 is 19.4 Å². The van der Waals surface area contributed by atoms with Gasteiger partial charge in [0, 0.05) is 57.5 Å². The minimum atomic E-state index is 0.0340. The molecule has 1 fully saturated rings. The number of carbonyl (C=O) groups excluding carboxylic acids is 3. The summed E-state index contributed by atoms with van der Waals surface area (Å²) in [6.45, 7) is 3.05. The van der Waals surface area contributed by atoms with Crippen LogP contribution < -0.4 is 4.74 Å². The van der Waals surface area contributed by atoms with Crippen molar-refractivity contribution in [2.45, 2.75) is 25.7 Å². The van der Waals surface area contributed by atoms with Crippen molar-refractivity contribution >= 4 is 17.6 Å². The lowest BCUT2D eigenvalue weighted by Gasteiger charge is -2.35. The molecule has 28 heavy (non-hydrogen) atoms. The van der Waals surface area contributed by atoms with Gasteiger partial charge in [0.05, 0.1) is 7.11 Å². The summed E-state index contributed by atoms with van der Waals surface area (Å²) < 4.78 is 5.09. The summed E-state index contributed by atoms with van der Waals surface area (Å²) in [4.78, 5) is 42.4. The van der Waals surface area contributed by atoms with Crippen LogP contribution in [0.15, 0.2) is 24.3 Å². The molecule has 0 aliphatic carbocycles. The molecule has 0 saturated carbocycles. The highest BCUT2D eigenvalue weighted by Crippen LogP contribution is 2.14. The number of ketones is 1. The number of hydrogen-bond acceptors (Lipinski definition) is 5. The van der Waals surface area contributed by atoms with Gasteiger partial charge in [-0.2, -0.15) is 0 Å². The Bertz CT molecular complexity index is 665. The molecule has 0 N–H and O–H groups in total. The molecule has 1 aliphatic rings. The summed E-state index contributed by atoms with van der Waals surface area (Å²) in [5.74, 6) is 0.951. The van der Waals surface area contributed by atoms with Gasteiger partial charge in [0.25, 0.3) is 0 Å². The maximum atomic E-state index is 12.4. The second-order valence-electron chi connectivity index (χ2n) is 7.32. The number of ether oxygens (including phenoxy) is 1. The summed E-state index contributed by atoms with van der Waals surface area (Å²) >= 11 is 0. The molecule has 0 unspecified atom stereocenters. The normalized spacial score (nSPS) is 14.3. The molecule has 1 heterocycles. The SMILES string of the molecule is COc1ccc(C(=O)CCCC(=O)N2CCN(C(=O)CCN(C)C)CC2)cc1. The van der Waals surface area contributed by atoms with Crippen LogP contribution in [-0.2, 0) is 9.59 Å². The highest BCUT2D eigenvalue weighted by Gasteiger charge is 2.23.